The minimum absolute atomic E-state index is 0.140. The van der Waals surface area contributed by atoms with E-state index in [0.717, 1.165) is 30.5 Å². The van der Waals surface area contributed by atoms with Crippen LogP contribution in [0.2, 0.25) is 0 Å². The van der Waals surface area contributed by atoms with Gasteiger partial charge in [0, 0.05) is 12.6 Å². The second-order valence-electron chi connectivity index (χ2n) is 4.90. The fraction of sp³-hybridized carbons (Fsp3) is 0.467. The summed E-state index contributed by atoms with van der Waals surface area (Å²) in [5, 5.41) is 3.45. The SMILES string of the molecule is C=C(C)COCCNC1CCc2cc(F)ccc21. The zero-order valence-corrected chi connectivity index (χ0v) is 10.8. The molecule has 1 unspecified atom stereocenters. The molecule has 1 aliphatic carbocycles. The predicted octanol–water partition coefficient (Wildman–Crippen LogP) is 3.00. The van der Waals surface area contributed by atoms with E-state index in [1.54, 1.807) is 6.07 Å². The third-order valence-corrected chi connectivity index (χ3v) is 3.17. The normalized spacial score (nSPS) is 17.8. The van der Waals surface area contributed by atoms with Gasteiger partial charge in [-0.05, 0) is 43.0 Å². The zero-order chi connectivity index (χ0) is 13.0. The molecule has 0 aromatic heterocycles. The molecule has 1 atom stereocenters. The Morgan fingerprint density at radius 3 is 3.17 bits per heavy atom. The van der Waals surface area contributed by atoms with Crippen LogP contribution in [0.1, 0.15) is 30.5 Å². The molecular formula is C15H20FNO. The zero-order valence-electron chi connectivity index (χ0n) is 10.8. The van der Waals surface area contributed by atoms with Crippen LogP contribution in [0.5, 0.6) is 0 Å². The molecule has 0 fully saturated rings. The molecule has 2 rings (SSSR count). The molecule has 1 aliphatic rings. The Morgan fingerprint density at radius 1 is 1.56 bits per heavy atom. The van der Waals surface area contributed by atoms with Gasteiger partial charge in [0.05, 0.1) is 13.2 Å². The Hall–Kier alpha value is -1.19. The lowest BCUT2D eigenvalue weighted by molar-refractivity contribution is 0.155. The van der Waals surface area contributed by atoms with Gasteiger partial charge in [-0.25, -0.2) is 4.39 Å². The highest BCUT2D eigenvalue weighted by atomic mass is 19.1. The van der Waals surface area contributed by atoms with Crippen LogP contribution in [0.25, 0.3) is 0 Å². The minimum Gasteiger partial charge on any atom is -0.376 e. The van der Waals surface area contributed by atoms with Gasteiger partial charge in [-0.15, -0.1) is 0 Å². The van der Waals surface area contributed by atoms with Crippen LogP contribution in [0, 0.1) is 5.82 Å². The maximum atomic E-state index is 13.1. The fourth-order valence-corrected chi connectivity index (χ4v) is 2.35. The van der Waals surface area contributed by atoms with E-state index in [1.807, 2.05) is 13.0 Å². The highest BCUT2D eigenvalue weighted by Gasteiger charge is 2.21. The second-order valence-corrected chi connectivity index (χ2v) is 4.90. The van der Waals surface area contributed by atoms with E-state index in [4.69, 9.17) is 4.74 Å². The first kappa shape index (κ1) is 13.2. The summed E-state index contributed by atoms with van der Waals surface area (Å²) in [4.78, 5) is 0. The summed E-state index contributed by atoms with van der Waals surface area (Å²) in [7, 11) is 0. The first-order valence-electron chi connectivity index (χ1n) is 6.40. The number of rotatable bonds is 6. The van der Waals surface area contributed by atoms with Crippen LogP contribution in [-0.4, -0.2) is 19.8 Å². The Labute approximate surface area is 108 Å². The van der Waals surface area contributed by atoms with Crippen molar-refractivity contribution in [2.24, 2.45) is 0 Å². The quantitative estimate of drug-likeness (QED) is 0.618. The molecule has 0 heterocycles. The van der Waals surface area contributed by atoms with E-state index >= 15 is 0 Å². The van der Waals surface area contributed by atoms with Gasteiger partial charge in [0.15, 0.2) is 0 Å². The third kappa shape index (κ3) is 3.40. The molecule has 18 heavy (non-hydrogen) atoms. The van der Waals surface area contributed by atoms with Crippen molar-refractivity contribution < 1.29 is 9.13 Å². The molecule has 0 saturated carbocycles. The summed E-state index contributed by atoms with van der Waals surface area (Å²) in [5.41, 5.74) is 3.41. The van der Waals surface area contributed by atoms with Crippen molar-refractivity contribution in [2.75, 3.05) is 19.8 Å². The lowest BCUT2D eigenvalue weighted by atomic mass is 10.1. The van der Waals surface area contributed by atoms with Gasteiger partial charge in [-0.2, -0.15) is 0 Å². The molecule has 1 N–H and O–H groups in total. The van der Waals surface area contributed by atoms with Crippen LogP contribution in [0.3, 0.4) is 0 Å². The van der Waals surface area contributed by atoms with Crippen LogP contribution in [-0.2, 0) is 11.2 Å². The molecule has 0 aliphatic heterocycles. The monoisotopic (exact) mass is 249 g/mol. The third-order valence-electron chi connectivity index (χ3n) is 3.17. The highest BCUT2D eigenvalue weighted by molar-refractivity contribution is 5.34. The Kier molecular flexibility index (Phi) is 4.50. The van der Waals surface area contributed by atoms with E-state index in [9.17, 15) is 4.39 Å². The lowest BCUT2D eigenvalue weighted by Crippen LogP contribution is -2.24. The summed E-state index contributed by atoms with van der Waals surface area (Å²) in [6.45, 7) is 7.85. The molecule has 0 radical (unpaired) electrons. The lowest BCUT2D eigenvalue weighted by Gasteiger charge is -2.14. The maximum absolute atomic E-state index is 13.1. The maximum Gasteiger partial charge on any atom is 0.123 e. The Balaban J connectivity index is 1.78. The number of nitrogens with one attached hydrogen (secondary N) is 1. The standard InChI is InChI=1S/C15H20FNO/c1-11(2)10-18-8-7-17-15-6-3-12-9-13(16)4-5-14(12)15/h4-5,9,15,17H,1,3,6-8,10H2,2H3. The van der Waals surface area contributed by atoms with Crippen molar-refractivity contribution in [1.29, 1.82) is 0 Å². The Bertz CT molecular complexity index is 431. The van der Waals surface area contributed by atoms with Crippen molar-refractivity contribution in [3.63, 3.8) is 0 Å². The van der Waals surface area contributed by atoms with Crippen molar-refractivity contribution in [2.45, 2.75) is 25.8 Å². The summed E-state index contributed by atoms with van der Waals surface area (Å²) < 4.78 is 18.5. The molecule has 3 heteroatoms. The van der Waals surface area contributed by atoms with E-state index in [-0.39, 0.29) is 5.82 Å². The molecular weight excluding hydrogens is 229 g/mol. The average molecular weight is 249 g/mol. The van der Waals surface area contributed by atoms with Crippen LogP contribution >= 0.6 is 0 Å². The number of halogens is 1. The van der Waals surface area contributed by atoms with Gasteiger partial charge >= 0.3 is 0 Å². The number of hydrogen-bond donors (Lipinski definition) is 1. The first-order valence-corrected chi connectivity index (χ1v) is 6.40. The van der Waals surface area contributed by atoms with Crippen molar-refractivity contribution in [1.82, 2.24) is 5.32 Å². The summed E-state index contributed by atoms with van der Waals surface area (Å²) in [6, 6.07) is 5.42. The summed E-state index contributed by atoms with van der Waals surface area (Å²) in [6.07, 6.45) is 2.00. The van der Waals surface area contributed by atoms with Gasteiger partial charge in [0.1, 0.15) is 5.82 Å². The molecule has 1 aromatic rings. The second kappa shape index (κ2) is 6.12. The number of benzene rings is 1. The topological polar surface area (TPSA) is 21.3 Å². The van der Waals surface area contributed by atoms with Gasteiger partial charge in [-0.1, -0.05) is 18.2 Å². The van der Waals surface area contributed by atoms with E-state index in [2.05, 4.69) is 11.9 Å². The fourth-order valence-electron chi connectivity index (χ4n) is 2.35. The number of fused-ring (bicyclic) bond motifs is 1. The molecule has 1 aromatic carbocycles. The molecule has 2 nitrogen and oxygen atoms in total. The first-order chi connectivity index (χ1) is 8.66. The van der Waals surface area contributed by atoms with E-state index in [1.165, 1.54) is 11.6 Å². The predicted molar refractivity (Wildman–Crippen MR) is 71.1 cm³/mol. The molecule has 0 bridgehead atoms. The van der Waals surface area contributed by atoms with E-state index in [0.29, 0.717) is 19.3 Å². The van der Waals surface area contributed by atoms with E-state index < -0.39 is 0 Å². The minimum atomic E-state index is -0.140. The summed E-state index contributed by atoms with van der Waals surface area (Å²) in [5.74, 6) is -0.140. The number of ether oxygens (including phenoxy) is 1. The van der Waals surface area contributed by atoms with Gasteiger partial charge < -0.3 is 10.1 Å². The molecule has 0 amide bonds. The van der Waals surface area contributed by atoms with Gasteiger partial charge in [-0.3, -0.25) is 0 Å². The van der Waals surface area contributed by atoms with Crippen molar-refractivity contribution in [3.8, 4) is 0 Å². The smallest absolute Gasteiger partial charge is 0.123 e. The Morgan fingerprint density at radius 2 is 2.39 bits per heavy atom. The van der Waals surface area contributed by atoms with Gasteiger partial charge in [0.2, 0.25) is 0 Å². The average Bonchev–Trinajstić information content (AvgIpc) is 2.70. The summed E-state index contributed by atoms with van der Waals surface area (Å²) >= 11 is 0. The van der Waals surface area contributed by atoms with Crippen LogP contribution in [0.15, 0.2) is 30.4 Å². The molecule has 0 saturated heterocycles. The highest BCUT2D eigenvalue weighted by Crippen LogP contribution is 2.31. The van der Waals surface area contributed by atoms with Crippen LogP contribution in [0.4, 0.5) is 4.39 Å². The molecule has 0 spiro atoms. The number of hydrogen-bond acceptors (Lipinski definition) is 2. The van der Waals surface area contributed by atoms with Crippen LogP contribution < -0.4 is 5.32 Å². The van der Waals surface area contributed by atoms with Crippen molar-refractivity contribution >= 4 is 0 Å². The number of aryl methyl sites for hydroxylation is 1. The van der Waals surface area contributed by atoms with Crippen molar-refractivity contribution in [3.05, 3.63) is 47.3 Å². The largest absolute Gasteiger partial charge is 0.376 e. The van der Waals surface area contributed by atoms with Gasteiger partial charge in [0.25, 0.3) is 0 Å². The molecule has 98 valence electrons.